The van der Waals surface area contributed by atoms with E-state index in [1.54, 1.807) is 24.3 Å². The Morgan fingerprint density at radius 1 is 0.894 bits per heavy atom. The number of nitrogens with one attached hydrogen (secondary N) is 1. The van der Waals surface area contributed by atoms with Gasteiger partial charge in [0.25, 0.3) is 10.0 Å². The first kappa shape index (κ1) is 34.2. The molecule has 5 rings (SSSR count). The average Bonchev–Trinajstić information content (AvgIpc) is 3.59. The molecule has 246 valence electrons. The van der Waals surface area contributed by atoms with E-state index < -0.39 is 28.5 Å². The van der Waals surface area contributed by atoms with E-state index >= 15 is 0 Å². The molecule has 0 saturated heterocycles. The number of ether oxygens (including phenoxy) is 1. The van der Waals surface area contributed by atoms with Crippen LogP contribution in [0.3, 0.4) is 0 Å². The lowest BCUT2D eigenvalue weighted by Crippen LogP contribution is -2.54. The highest BCUT2D eigenvalue weighted by Gasteiger charge is 2.35. The molecule has 4 aromatic carbocycles. The summed E-state index contributed by atoms with van der Waals surface area (Å²) in [5, 5.41) is 3.20. The molecule has 4 aromatic rings. The van der Waals surface area contributed by atoms with Crippen molar-refractivity contribution < 1.29 is 22.7 Å². The first-order chi connectivity index (χ1) is 22.6. The van der Waals surface area contributed by atoms with Crippen LogP contribution in [0.25, 0.3) is 0 Å². The van der Waals surface area contributed by atoms with Crippen LogP contribution in [-0.4, -0.2) is 50.9 Å². The quantitative estimate of drug-likeness (QED) is 0.167. The molecule has 1 atom stereocenters. The number of amides is 2. The molecule has 0 unspecified atom stereocenters. The Morgan fingerprint density at radius 2 is 1.55 bits per heavy atom. The number of halogens is 1. The van der Waals surface area contributed by atoms with Crippen molar-refractivity contribution in [2.45, 2.75) is 62.6 Å². The van der Waals surface area contributed by atoms with E-state index in [2.05, 4.69) is 21.2 Å². The number of hydrogen-bond acceptors (Lipinski definition) is 5. The van der Waals surface area contributed by atoms with Crippen LogP contribution in [-0.2, 0) is 32.6 Å². The molecule has 0 bridgehead atoms. The number of nitrogens with zero attached hydrogens (tertiary/aromatic N) is 2. The third-order valence-electron chi connectivity index (χ3n) is 8.46. The van der Waals surface area contributed by atoms with Gasteiger partial charge in [0.05, 0.1) is 17.7 Å². The van der Waals surface area contributed by atoms with Gasteiger partial charge in [-0.05, 0) is 79.4 Å². The zero-order chi connectivity index (χ0) is 33.4. The largest absolute Gasteiger partial charge is 0.497 e. The minimum absolute atomic E-state index is 0.0185. The monoisotopic (exact) mass is 717 g/mol. The summed E-state index contributed by atoms with van der Waals surface area (Å²) in [4.78, 5) is 30.3. The predicted octanol–water partition coefficient (Wildman–Crippen LogP) is 6.66. The summed E-state index contributed by atoms with van der Waals surface area (Å²) in [6.45, 7) is 1.51. The van der Waals surface area contributed by atoms with Crippen LogP contribution in [0.15, 0.2) is 112 Å². The molecule has 1 aliphatic rings. The van der Waals surface area contributed by atoms with Crippen LogP contribution in [0.2, 0.25) is 0 Å². The molecule has 0 radical (unpaired) electrons. The Morgan fingerprint density at radius 3 is 2.19 bits per heavy atom. The van der Waals surface area contributed by atoms with Gasteiger partial charge in [-0.1, -0.05) is 88.9 Å². The number of hydrogen-bond donors (Lipinski definition) is 1. The third kappa shape index (κ3) is 8.81. The molecule has 0 aromatic heterocycles. The summed E-state index contributed by atoms with van der Waals surface area (Å²) in [7, 11) is -2.69. The normalized spacial score (nSPS) is 13.9. The molecule has 8 nitrogen and oxygen atoms in total. The Hall–Kier alpha value is -4.15. The smallest absolute Gasteiger partial charge is 0.264 e. The topological polar surface area (TPSA) is 96.0 Å². The molecule has 47 heavy (non-hydrogen) atoms. The fraction of sp³-hybridized carbons (Fsp3) is 0.297. The van der Waals surface area contributed by atoms with E-state index in [1.165, 1.54) is 24.1 Å². The maximum atomic E-state index is 14.6. The van der Waals surface area contributed by atoms with Gasteiger partial charge >= 0.3 is 0 Å². The molecule has 0 aliphatic heterocycles. The molecule has 1 aliphatic carbocycles. The Labute approximate surface area is 285 Å². The summed E-state index contributed by atoms with van der Waals surface area (Å²) in [6, 6.07) is 29.4. The van der Waals surface area contributed by atoms with Gasteiger partial charge in [0.2, 0.25) is 11.8 Å². The molecule has 0 heterocycles. The van der Waals surface area contributed by atoms with Crippen molar-refractivity contribution in [3.63, 3.8) is 0 Å². The minimum atomic E-state index is -4.20. The summed E-state index contributed by atoms with van der Waals surface area (Å²) in [5.74, 6) is -0.228. The van der Waals surface area contributed by atoms with E-state index in [4.69, 9.17) is 4.74 Å². The van der Waals surface area contributed by atoms with Crippen molar-refractivity contribution >= 4 is 43.5 Å². The number of carbonyl (C=O) groups excluding carboxylic acids is 2. The van der Waals surface area contributed by atoms with Crippen LogP contribution < -0.4 is 14.4 Å². The summed E-state index contributed by atoms with van der Waals surface area (Å²) in [5.41, 5.74) is 2.99. The van der Waals surface area contributed by atoms with Crippen LogP contribution >= 0.6 is 15.9 Å². The lowest BCUT2D eigenvalue weighted by atomic mass is 10.0. The van der Waals surface area contributed by atoms with Crippen molar-refractivity contribution in [3.8, 4) is 5.75 Å². The molecule has 1 fully saturated rings. The molecule has 2 amide bonds. The van der Waals surface area contributed by atoms with Crippen LogP contribution in [0, 0.1) is 6.92 Å². The van der Waals surface area contributed by atoms with Crippen molar-refractivity contribution in [2.24, 2.45) is 0 Å². The fourth-order valence-electron chi connectivity index (χ4n) is 5.87. The van der Waals surface area contributed by atoms with Crippen LogP contribution in [0.5, 0.6) is 5.75 Å². The predicted molar refractivity (Wildman–Crippen MR) is 188 cm³/mol. The minimum Gasteiger partial charge on any atom is -0.497 e. The van der Waals surface area contributed by atoms with Gasteiger partial charge in [-0.3, -0.25) is 13.9 Å². The fourth-order valence-corrected chi connectivity index (χ4v) is 7.73. The summed E-state index contributed by atoms with van der Waals surface area (Å²) >= 11 is 3.53. The standard InChI is InChI=1S/C37H40BrN3O5S/c1-27-15-17-32(18-16-27)41(47(44,45)34-21-19-33(46-2)20-22-34)26-36(42)40(25-29-11-8-12-30(38)23-29)35(24-28-9-4-3-5-10-28)37(43)39-31-13-6-7-14-31/h3-5,8-12,15-23,31,35H,6-7,13-14,24-26H2,1-2H3,(H,39,43)/t35-/m0/s1. The lowest BCUT2D eigenvalue weighted by molar-refractivity contribution is -0.140. The molecule has 0 spiro atoms. The number of rotatable bonds is 13. The number of benzene rings is 4. The molecule has 1 saturated carbocycles. The number of methoxy groups -OCH3 is 1. The molecular formula is C37H40BrN3O5S. The SMILES string of the molecule is COc1ccc(S(=O)(=O)N(CC(=O)N(Cc2cccc(Br)c2)[C@@H](Cc2ccccc2)C(=O)NC2CCCC2)c2ccc(C)cc2)cc1. The number of aryl methyl sites for hydroxylation is 1. The van der Waals surface area contributed by atoms with Gasteiger partial charge < -0.3 is 15.0 Å². The third-order valence-corrected chi connectivity index (χ3v) is 10.7. The Kier molecular flexibility index (Phi) is 11.4. The highest BCUT2D eigenvalue weighted by atomic mass is 79.9. The van der Waals surface area contributed by atoms with Crippen molar-refractivity contribution in [2.75, 3.05) is 18.0 Å². The summed E-state index contributed by atoms with van der Waals surface area (Å²) < 4.78 is 35.7. The maximum Gasteiger partial charge on any atom is 0.264 e. The highest BCUT2D eigenvalue weighted by Crippen LogP contribution is 2.27. The maximum absolute atomic E-state index is 14.6. The van der Waals surface area contributed by atoms with Gasteiger partial charge in [0.15, 0.2) is 0 Å². The van der Waals surface area contributed by atoms with Gasteiger partial charge in [0.1, 0.15) is 18.3 Å². The molecule has 10 heteroatoms. The van der Waals surface area contributed by atoms with Crippen molar-refractivity contribution in [1.29, 1.82) is 0 Å². The Balaban J connectivity index is 1.56. The zero-order valence-corrected chi connectivity index (χ0v) is 29.0. The summed E-state index contributed by atoms with van der Waals surface area (Å²) in [6.07, 6.45) is 4.15. The molecular weight excluding hydrogens is 678 g/mol. The van der Waals surface area contributed by atoms with Gasteiger partial charge in [-0.2, -0.15) is 0 Å². The van der Waals surface area contributed by atoms with Crippen LogP contribution in [0.4, 0.5) is 5.69 Å². The second kappa shape index (κ2) is 15.6. The first-order valence-corrected chi connectivity index (χ1v) is 18.0. The van der Waals surface area contributed by atoms with E-state index in [1.807, 2.05) is 73.7 Å². The van der Waals surface area contributed by atoms with E-state index in [0.29, 0.717) is 11.4 Å². The first-order valence-electron chi connectivity index (χ1n) is 15.8. The van der Waals surface area contributed by atoms with Crippen LogP contribution in [0.1, 0.15) is 42.4 Å². The Bertz CT molecular complexity index is 1760. The number of anilines is 1. The second-order valence-electron chi connectivity index (χ2n) is 11.9. The van der Waals surface area contributed by atoms with Crippen molar-refractivity contribution in [3.05, 3.63) is 124 Å². The number of carbonyl (C=O) groups is 2. The lowest BCUT2D eigenvalue weighted by Gasteiger charge is -2.34. The van der Waals surface area contributed by atoms with Gasteiger partial charge in [-0.25, -0.2) is 8.42 Å². The van der Waals surface area contributed by atoms with Crippen molar-refractivity contribution in [1.82, 2.24) is 10.2 Å². The second-order valence-corrected chi connectivity index (χ2v) is 14.6. The molecule has 1 N–H and O–H groups in total. The van der Waals surface area contributed by atoms with E-state index in [-0.39, 0.29) is 29.8 Å². The van der Waals surface area contributed by atoms with E-state index in [9.17, 15) is 18.0 Å². The van der Waals surface area contributed by atoms with E-state index in [0.717, 1.165) is 51.2 Å². The van der Waals surface area contributed by atoms with Gasteiger partial charge in [0, 0.05) is 23.5 Å². The van der Waals surface area contributed by atoms with Gasteiger partial charge in [-0.15, -0.1) is 0 Å². The highest BCUT2D eigenvalue weighted by molar-refractivity contribution is 9.10. The number of sulfonamides is 1. The zero-order valence-electron chi connectivity index (χ0n) is 26.6. The average molecular weight is 719 g/mol.